The molecule has 0 bridgehead atoms. The van der Waals surface area contributed by atoms with E-state index in [0.29, 0.717) is 32.1 Å². The van der Waals surface area contributed by atoms with Gasteiger partial charge in [0.15, 0.2) is 0 Å². The van der Waals surface area contributed by atoms with Crippen LogP contribution in [0.5, 0.6) is 0 Å². The van der Waals surface area contributed by atoms with E-state index in [1.165, 1.54) is 22.2 Å². The number of sulfonamides is 1. The Morgan fingerprint density at radius 3 is 2.03 bits per heavy atom. The minimum absolute atomic E-state index is 0.129. The molecule has 0 aliphatic carbocycles. The fraction of sp³-hybridized carbons (Fsp3) is 0.174. The average molecular weight is 466 g/mol. The second kappa shape index (κ2) is 9.90. The predicted molar refractivity (Wildman–Crippen MR) is 124 cm³/mol. The monoisotopic (exact) mass is 465 g/mol. The summed E-state index contributed by atoms with van der Waals surface area (Å²) in [6.07, 6.45) is 6.54. The van der Waals surface area contributed by atoms with Crippen LogP contribution in [-0.4, -0.2) is 60.0 Å². The SMILES string of the molecule is O=C(NO)c1cnc(N2CCN(S(=O)(=O)c3ccc(/C=C/c4ccccc4)cc3)CC2)nc1. The van der Waals surface area contributed by atoms with Crippen LogP contribution in [0.15, 0.2) is 71.9 Å². The van der Waals surface area contributed by atoms with Crippen molar-refractivity contribution in [3.63, 3.8) is 0 Å². The van der Waals surface area contributed by atoms with Gasteiger partial charge in [0.25, 0.3) is 5.91 Å². The Bertz CT molecular complexity index is 1220. The first kappa shape index (κ1) is 22.6. The van der Waals surface area contributed by atoms with E-state index in [9.17, 15) is 13.2 Å². The van der Waals surface area contributed by atoms with Gasteiger partial charge in [-0.2, -0.15) is 4.31 Å². The third kappa shape index (κ3) is 5.25. The van der Waals surface area contributed by atoms with Crippen LogP contribution >= 0.6 is 0 Å². The lowest BCUT2D eigenvalue weighted by atomic mass is 10.1. The van der Waals surface area contributed by atoms with Crippen LogP contribution in [0, 0.1) is 0 Å². The van der Waals surface area contributed by atoms with Crippen LogP contribution in [-0.2, 0) is 10.0 Å². The number of anilines is 1. The smallest absolute Gasteiger partial charge is 0.277 e. The lowest BCUT2D eigenvalue weighted by Gasteiger charge is -2.33. The molecule has 0 radical (unpaired) electrons. The van der Waals surface area contributed by atoms with Crippen molar-refractivity contribution in [2.24, 2.45) is 0 Å². The summed E-state index contributed by atoms with van der Waals surface area (Å²) < 4.78 is 27.6. The number of hydrogen-bond acceptors (Lipinski definition) is 7. The highest BCUT2D eigenvalue weighted by Gasteiger charge is 2.29. The van der Waals surface area contributed by atoms with Crippen molar-refractivity contribution < 1.29 is 18.4 Å². The van der Waals surface area contributed by atoms with Gasteiger partial charge in [0.1, 0.15) is 0 Å². The maximum atomic E-state index is 13.1. The number of aromatic nitrogens is 2. The molecule has 10 heteroatoms. The summed E-state index contributed by atoms with van der Waals surface area (Å²) in [5, 5.41) is 8.66. The zero-order valence-electron chi connectivity index (χ0n) is 17.7. The minimum Gasteiger partial charge on any atom is -0.338 e. The molecule has 0 spiro atoms. The number of amides is 1. The van der Waals surface area contributed by atoms with E-state index in [4.69, 9.17) is 5.21 Å². The van der Waals surface area contributed by atoms with E-state index >= 15 is 0 Å². The zero-order chi connectivity index (χ0) is 23.3. The average Bonchev–Trinajstić information content (AvgIpc) is 2.88. The number of carbonyl (C=O) groups is 1. The number of rotatable bonds is 6. The van der Waals surface area contributed by atoms with Crippen molar-refractivity contribution in [1.29, 1.82) is 0 Å². The van der Waals surface area contributed by atoms with E-state index in [-0.39, 0.29) is 10.5 Å². The molecule has 2 N–H and O–H groups in total. The fourth-order valence-electron chi connectivity index (χ4n) is 3.45. The van der Waals surface area contributed by atoms with Gasteiger partial charge in [-0.1, -0.05) is 54.6 Å². The Morgan fingerprint density at radius 1 is 0.879 bits per heavy atom. The van der Waals surface area contributed by atoms with Crippen molar-refractivity contribution in [2.75, 3.05) is 31.1 Å². The Hall–Kier alpha value is -3.60. The summed E-state index contributed by atoms with van der Waals surface area (Å²) in [6.45, 7) is 1.42. The zero-order valence-corrected chi connectivity index (χ0v) is 18.5. The van der Waals surface area contributed by atoms with Crippen LogP contribution in [0.4, 0.5) is 5.95 Å². The molecule has 33 heavy (non-hydrogen) atoms. The highest BCUT2D eigenvalue weighted by molar-refractivity contribution is 7.89. The molecule has 1 aliphatic rings. The molecule has 170 valence electrons. The van der Waals surface area contributed by atoms with E-state index in [2.05, 4.69) is 9.97 Å². The molecule has 1 saturated heterocycles. The third-order valence-corrected chi connectivity index (χ3v) is 7.22. The van der Waals surface area contributed by atoms with Crippen molar-refractivity contribution in [3.05, 3.63) is 83.7 Å². The summed E-state index contributed by atoms with van der Waals surface area (Å²) in [5.74, 6) is -0.296. The molecule has 3 aromatic rings. The maximum Gasteiger partial charge on any atom is 0.277 e. The first-order valence-electron chi connectivity index (χ1n) is 10.3. The number of carbonyl (C=O) groups excluding carboxylic acids is 1. The molecule has 1 aromatic heterocycles. The Labute approximate surface area is 192 Å². The van der Waals surface area contributed by atoms with E-state index in [1.807, 2.05) is 47.4 Å². The quantitative estimate of drug-likeness (QED) is 0.326. The van der Waals surface area contributed by atoms with Crippen molar-refractivity contribution in [1.82, 2.24) is 19.8 Å². The van der Waals surface area contributed by atoms with Gasteiger partial charge < -0.3 is 4.90 Å². The van der Waals surface area contributed by atoms with Crippen LogP contribution < -0.4 is 10.4 Å². The van der Waals surface area contributed by atoms with Crippen molar-refractivity contribution in [3.8, 4) is 0 Å². The summed E-state index contributed by atoms with van der Waals surface area (Å²) in [4.78, 5) is 21.8. The van der Waals surface area contributed by atoms with Crippen LogP contribution in [0.25, 0.3) is 12.2 Å². The fourth-order valence-corrected chi connectivity index (χ4v) is 4.87. The summed E-state index contributed by atoms with van der Waals surface area (Å²) in [6, 6.07) is 16.7. The molecule has 0 unspecified atom stereocenters. The molecule has 4 rings (SSSR count). The number of nitrogens with zero attached hydrogens (tertiary/aromatic N) is 4. The normalized spacial score (nSPS) is 15.0. The minimum atomic E-state index is -3.61. The highest BCUT2D eigenvalue weighted by atomic mass is 32.2. The van der Waals surface area contributed by atoms with Crippen LogP contribution in [0.1, 0.15) is 21.5 Å². The molecule has 1 amide bonds. The van der Waals surface area contributed by atoms with Gasteiger partial charge in [0.05, 0.1) is 10.5 Å². The first-order valence-corrected chi connectivity index (χ1v) is 11.8. The van der Waals surface area contributed by atoms with E-state index < -0.39 is 15.9 Å². The Kier molecular flexibility index (Phi) is 6.78. The maximum absolute atomic E-state index is 13.1. The molecule has 2 aromatic carbocycles. The lowest BCUT2D eigenvalue weighted by Crippen LogP contribution is -2.49. The second-order valence-corrected chi connectivity index (χ2v) is 9.35. The van der Waals surface area contributed by atoms with Crippen molar-refractivity contribution in [2.45, 2.75) is 4.90 Å². The van der Waals surface area contributed by atoms with Gasteiger partial charge >= 0.3 is 0 Å². The molecule has 0 atom stereocenters. The predicted octanol–water partition coefficient (Wildman–Crippen LogP) is 2.28. The molecule has 9 nitrogen and oxygen atoms in total. The van der Waals surface area contributed by atoms with Gasteiger partial charge in [-0.25, -0.2) is 23.9 Å². The van der Waals surface area contributed by atoms with Gasteiger partial charge in [0.2, 0.25) is 16.0 Å². The topological polar surface area (TPSA) is 116 Å². The van der Waals surface area contributed by atoms with Gasteiger partial charge in [-0.05, 0) is 23.3 Å². The molecule has 1 aliphatic heterocycles. The summed E-state index contributed by atoms with van der Waals surface area (Å²) >= 11 is 0. The number of hydroxylamine groups is 1. The first-order chi connectivity index (χ1) is 16.0. The van der Waals surface area contributed by atoms with Crippen molar-refractivity contribution >= 4 is 34.0 Å². The summed E-state index contributed by atoms with van der Waals surface area (Å²) in [5.41, 5.74) is 3.64. The number of piperazine rings is 1. The van der Waals surface area contributed by atoms with E-state index in [1.54, 1.807) is 24.3 Å². The van der Waals surface area contributed by atoms with Crippen LogP contribution in [0.2, 0.25) is 0 Å². The number of nitrogens with one attached hydrogen (secondary N) is 1. The largest absolute Gasteiger partial charge is 0.338 e. The van der Waals surface area contributed by atoms with E-state index in [0.717, 1.165) is 11.1 Å². The lowest BCUT2D eigenvalue weighted by molar-refractivity contribution is 0.0705. The standard InChI is InChI=1S/C23H23N5O4S/c29-22(26-30)20-16-24-23(25-17-20)27-12-14-28(15-13-27)33(31,32)21-10-8-19(9-11-21)7-6-18-4-2-1-3-5-18/h1-11,16-17,30H,12-15H2,(H,26,29)/b7-6+. The third-order valence-electron chi connectivity index (χ3n) is 5.31. The van der Waals surface area contributed by atoms with Gasteiger partial charge in [-0.3, -0.25) is 10.0 Å². The number of hydrogen-bond donors (Lipinski definition) is 2. The summed E-state index contributed by atoms with van der Waals surface area (Å²) in [7, 11) is -3.61. The highest BCUT2D eigenvalue weighted by Crippen LogP contribution is 2.20. The van der Waals surface area contributed by atoms with Gasteiger partial charge in [0, 0.05) is 38.6 Å². The molecular weight excluding hydrogens is 442 g/mol. The second-order valence-electron chi connectivity index (χ2n) is 7.42. The number of benzene rings is 2. The molecule has 0 saturated carbocycles. The molecular formula is C23H23N5O4S. The van der Waals surface area contributed by atoms with Gasteiger partial charge in [-0.15, -0.1) is 0 Å². The molecule has 1 fully saturated rings. The Morgan fingerprint density at radius 2 is 1.45 bits per heavy atom. The Balaban J connectivity index is 1.38. The van der Waals surface area contributed by atoms with Crippen LogP contribution in [0.3, 0.4) is 0 Å². The molecule has 2 heterocycles.